The van der Waals surface area contributed by atoms with Gasteiger partial charge in [-0.1, -0.05) is 24.3 Å². The van der Waals surface area contributed by atoms with Crippen LogP contribution in [-0.2, 0) is 21.4 Å². The number of carbonyl (C=O) groups is 1. The number of alkyl halides is 2. The summed E-state index contributed by atoms with van der Waals surface area (Å²) in [6, 6.07) is 11.2. The molecule has 6 nitrogen and oxygen atoms in total. The molecule has 2 aromatic rings. The molecule has 0 aromatic heterocycles. The van der Waals surface area contributed by atoms with Crippen LogP contribution in [0.25, 0.3) is 0 Å². The van der Waals surface area contributed by atoms with Gasteiger partial charge >= 0.3 is 6.61 Å². The zero-order valence-electron chi connectivity index (χ0n) is 15.9. The van der Waals surface area contributed by atoms with E-state index in [1.165, 1.54) is 34.6 Å². The van der Waals surface area contributed by atoms with E-state index in [0.29, 0.717) is 18.4 Å². The number of piperidine rings is 1. The normalized spacial score (nSPS) is 15.9. The lowest BCUT2D eigenvalue weighted by Crippen LogP contribution is -2.43. The molecule has 0 spiro atoms. The summed E-state index contributed by atoms with van der Waals surface area (Å²) in [6.07, 6.45) is 0.599. The molecule has 1 heterocycles. The summed E-state index contributed by atoms with van der Waals surface area (Å²) in [5, 5.41) is 2.73. The van der Waals surface area contributed by atoms with Gasteiger partial charge in [-0.2, -0.15) is 13.1 Å². The van der Waals surface area contributed by atoms with E-state index in [-0.39, 0.29) is 36.2 Å². The molecule has 162 valence electrons. The van der Waals surface area contributed by atoms with Crippen molar-refractivity contribution >= 4 is 15.9 Å². The highest BCUT2D eigenvalue weighted by atomic mass is 32.2. The van der Waals surface area contributed by atoms with Crippen LogP contribution in [0.5, 0.6) is 5.75 Å². The average molecular weight is 442 g/mol. The number of benzene rings is 2. The van der Waals surface area contributed by atoms with E-state index in [1.807, 2.05) is 0 Å². The maximum atomic E-state index is 13.9. The van der Waals surface area contributed by atoms with E-state index in [2.05, 4.69) is 10.1 Å². The van der Waals surface area contributed by atoms with E-state index >= 15 is 0 Å². The maximum absolute atomic E-state index is 13.9. The fraction of sp³-hybridized carbons (Fsp3) is 0.350. The summed E-state index contributed by atoms with van der Waals surface area (Å²) in [4.78, 5) is 12.0. The van der Waals surface area contributed by atoms with E-state index in [0.717, 1.165) is 6.07 Å². The van der Waals surface area contributed by atoms with Gasteiger partial charge in [-0.05, 0) is 42.7 Å². The number of hydrogen-bond donors (Lipinski definition) is 1. The number of hydrogen-bond acceptors (Lipinski definition) is 4. The van der Waals surface area contributed by atoms with Crippen LogP contribution in [-0.4, -0.2) is 38.3 Å². The van der Waals surface area contributed by atoms with Crippen molar-refractivity contribution in [3.63, 3.8) is 0 Å². The maximum Gasteiger partial charge on any atom is 0.387 e. The number of rotatable bonds is 7. The van der Waals surface area contributed by atoms with Gasteiger partial charge in [-0.25, -0.2) is 12.8 Å². The van der Waals surface area contributed by atoms with Crippen molar-refractivity contribution in [3.8, 4) is 5.75 Å². The van der Waals surface area contributed by atoms with Crippen LogP contribution in [0.2, 0.25) is 0 Å². The van der Waals surface area contributed by atoms with Gasteiger partial charge in [0.15, 0.2) is 0 Å². The van der Waals surface area contributed by atoms with Gasteiger partial charge in [0.05, 0.1) is 0 Å². The van der Waals surface area contributed by atoms with E-state index in [1.54, 1.807) is 12.1 Å². The predicted molar refractivity (Wildman–Crippen MR) is 103 cm³/mol. The molecule has 10 heteroatoms. The third-order valence-corrected chi connectivity index (χ3v) is 6.80. The van der Waals surface area contributed by atoms with Crippen molar-refractivity contribution in [2.75, 3.05) is 13.1 Å². The zero-order valence-corrected chi connectivity index (χ0v) is 16.7. The molecule has 1 aliphatic rings. The Morgan fingerprint density at radius 1 is 1.13 bits per heavy atom. The van der Waals surface area contributed by atoms with Gasteiger partial charge in [0.2, 0.25) is 15.9 Å². The van der Waals surface area contributed by atoms with E-state index < -0.39 is 28.4 Å². The molecule has 0 unspecified atom stereocenters. The van der Waals surface area contributed by atoms with Gasteiger partial charge in [0, 0.05) is 25.6 Å². The number of sulfonamides is 1. The molecule has 0 bridgehead atoms. The van der Waals surface area contributed by atoms with Crippen LogP contribution in [0.4, 0.5) is 13.2 Å². The lowest BCUT2D eigenvalue weighted by Gasteiger charge is -2.30. The summed E-state index contributed by atoms with van der Waals surface area (Å²) in [5.74, 6) is -1.45. The summed E-state index contributed by atoms with van der Waals surface area (Å²) in [5.41, 5.74) is 0.598. The molecule has 0 saturated carbocycles. The Morgan fingerprint density at radius 2 is 1.83 bits per heavy atom. The zero-order chi connectivity index (χ0) is 21.7. The third-order valence-electron chi connectivity index (χ3n) is 4.87. The molecule has 0 atom stereocenters. The van der Waals surface area contributed by atoms with Crippen LogP contribution in [0, 0.1) is 11.7 Å². The van der Waals surface area contributed by atoms with Crippen LogP contribution < -0.4 is 10.1 Å². The first-order valence-electron chi connectivity index (χ1n) is 9.33. The molecule has 3 rings (SSSR count). The second-order valence-electron chi connectivity index (χ2n) is 6.85. The minimum Gasteiger partial charge on any atom is -0.435 e. The van der Waals surface area contributed by atoms with Crippen LogP contribution in [0.1, 0.15) is 18.4 Å². The SMILES string of the molecule is O=C(NCc1cccc(OC(F)F)c1)C1CCN(S(=O)(=O)c2ccccc2F)CC1. The van der Waals surface area contributed by atoms with Gasteiger partial charge < -0.3 is 10.1 Å². The highest BCUT2D eigenvalue weighted by molar-refractivity contribution is 7.89. The second kappa shape index (κ2) is 9.48. The molecule has 2 aromatic carbocycles. The Hall–Kier alpha value is -2.59. The monoisotopic (exact) mass is 442 g/mol. The molecule has 1 N–H and O–H groups in total. The Morgan fingerprint density at radius 3 is 2.50 bits per heavy atom. The van der Waals surface area contributed by atoms with E-state index in [4.69, 9.17) is 0 Å². The van der Waals surface area contributed by atoms with Crippen LogP contribution >= 0.6 is 0 Å². The smallest absolute Gasteiger partial charge is 0.387 e. The summed E-state index contributed by atoms with van der Waals surface area (Å²) in [7, 11) is -3.96. The Bertz CT molecular complexity index is 993. The number of nitrogens with zero attached hydrogens (tertiary/aromatic N) is 1. The topological polar surface area (TPSA) is 75.7 Å². The van der Waals surface area contributed by atoms with Crippen molar-refractivity contribution in [1.82, 2.24) is 9.62 Å². The predicted octanol–water partition coefficient (Wildman–Crippen LogP) is 3.14. The largest absolute Gasteiger partial charge is 0.435 e. The number of ether oxygens (including phenoxy) is 1. The minimum atomic E-state index is -3.96. The Balaban J connectivity index is 1.54. The highest BCUT2D eigenvalue weighted by Crippen LogP contribution is 2.25. The lowest BCUT2D eigenvalue weighted by molar-refractivity contribution is -0.126. The Labute approximate surface area is 172 Å². The van der Waals surface area contributed by atoms with Gasteiger partial charge in [-0.3, -0.25) is 4.79 Å². The number of amides is 1. The summed E-state index contributed by atoms with van der Waals surface area (Å²) < 4.78 is 69.2. The van der Waals surface area contributed by atoms with Gasteiger partial charge in [0.25, 0.3) is 0 Å². The van der Waals surface area contributed by atoms with Crippen molar-refractivity contribution in [2.45, 2.75) is 30.9 Å². The number of carbonyl (C=O) groups excluding carboxylic acids is 1. The Kier molecular flexibility index (Phi) is 6.99. The molecule has 0 radical (unpaired) electrons. The number of halogens is 3. The van der Waals surface area contributed by atoms with Crippen LogP contribution in [0.3, 0.4) is 0 Å². The van der Waals surface area contributed by atoms with Crippen LogP contribution in [0.15, 0.2) is 53.4 Å². The molecule has 1 aliphatic heterocycles. The van der Waals surface area contributed by atoms with Crippen molar-refractivity contribution in [3.05, 3.63) is 59.9 Å². The fourth-order valence-corrected chi connectivity index (χ4v) is 4.85. The molecule has 1 fully saturated rings. The first-order chi connectivity index (χ1) is 14.3. The molecule has 1 amide bonds. The summed E-state index contributed by atoms with van der Waals surface area (Å²) >= 11 is 0. The second-order valence-corrected chi connectivity index (χ2v) is 8.76. The third kappa shape index (κ3) is 5.31. The molecular formula is C20H21F3N2O4S. The standard InChI is InChI=1S/C20H21F3N2O4S/c21-17-6-1-2-7-18(17)30(27,28)25-10-8-15(9-11-25)19(26)24-13-14-4-3-5-16(12-14)29-20(22)23/h1-7,12,15,20H,8-11,13H2,(H,24,26). The van der Waals surface area contributed by atoms with E-state index in [9.17, 15) is 26.4 Å². The molecular weight excluding hydrogens is 421 g/mol. The van der Waals surface area contributed by atoms with Gasteiger partial charge in [0.1, 0.15) is 16.5 Å². The summed E-state index contributed by atoms with van der Waals surface area (Å²) in [6.45, 7) is -2.59. The molecule has 1 saturated heterocycles. The lowest BCUT2D eigenvalue weighted by atomic mass is 9.97. The molecule has 30 heavy (non-hydrogen) atoms. The van der Waals surface area contributed by atoms with Crippen molar-refractivity contribution in [2.24, 2.45) is 5.92 Å². The first-order valence-corrected chi connectivity index (χ1v) is 10.8. The first kappa shape index (κ1) is 22.1. The highest BCUT2D eigenvalue weighted by Gasteiger charge is 2.33. The van der Waals surface area contributed by atoms with Crippen molar-refractivity contribution in [1.29, 1.82) is 0 Å². The number of nitrogens with one attached hydrogen (secondary N) is 1. The fourth-order valence-electron chi connectivity index (χ4n) is 3.32. The van der Waals surface area contributed by atoms with Gasteiger partial charge in [-0.15, -0.1) is 0 Å². The quantitative estimate of drug-likeness (QED) is 0.715. The van der Waals surface area contributed by atoms with Crippen molar-refractivity contribution < 1.29 is 31.1 Å². The average Bonchev–Trinajstić information content (AvgIpc) is 2.72. The molecule has 0 aliphatic carbocycles. The minimum absolute atomic E-state index is 0.00316.